The van der Waals surface area contributed by atoms with E-state index in [1.165, 1.54) is 4.80 Å². The van der Waals surface area contributed by atoms with Crippen molar-refractivity contribution in [3.05, 3.63) is 103 Å². The monoisotopic (exact) mass is 610 g/mol. The number of aromatic nitrogens is 3. The van der Waals surface area contributed by atoms with Crippen molar-refractivity contribution in [2.75, 3.05) is 33.3 Å². The number of allylic oxidation sites excluding steroid dienone is 2. The van der Waals surface area contributed by atoms with Crippen molar-refractivity contribution in [2.45, 2.75) is 25.2 Å². The zero-order valence-electron chi connectivity index (χ0n) is 25.6. The topological polar surface area (TPSA) is 116 Å². The van der Waals surface area contributed by atoms with Crippen LogP contribution in [0, 0.1) is 0 Å². The molecule has 5 rings (SSSR count). The average molecular weight is 611 g/mol. The molecular formula is C33H38N8O4. The molecule has 2 aromatic carbocycles. The van der Waals surface area contributed by atoms with Gasteiger partial charge in [0, 0.05) is 33.1 Å². The first kappa shape index (κ1) is 31.2. The van der Waals surface area contributed by atoms with E-state index < -0.39 is 18.2 Å². The van der Waals surface area contributed by atoms with Crippen LogP contribution in [0.25, 0.3) is 11.0 Å². The predicted molar refractivity (Wildman–Crippen MR) is 171 cm³/mol. The van der Waals surface area contributed by atoms with E-state index in [-0.39, 0.29) is 51.0 Å². The summed E-state index contributed by atoms with van der Waals surface area (Å²) in [6.45, 7) is 12.1. The summed E-state index contributed by atoms with van der Waals surface area (Å²) in [5.74, 6) is 0.251. The molecule has 0 radical (unpaired) electrons. The van der Waals surface area contributed by atoms with Crippen molar-refractivity contribution in [3.8, 4) is 5.75 Å². The maximum atomic E-state index is 14.2. The number of nitrogens with zero attached hydrogens (tertiary/aromatic N) is 7. The van der Waals surface area contributed by atoms with Crippen LogP contribution in [0.2, 0.25) is 0 Å². The van der Waals surface area contributed by atoms with Gasteiger partial charge in [0.2, 0.25) is 11.8 Å². The Morgan fingerprint density at radius 1 is 1.07 bits per heavy atom. The number of nitrogens with one attached hydrogen (secondary N) is 1. The van der Waals surface area contributed by atoms with Crippen LogP contribution in [0.3, 0.4) is 0 Å². The largest absolute Gasteiger partial charge is 0.497 e. The number of hydrogen-bond donors (Lipinski definition) is 1. The fourth-order valence-electron chi connectivity index (χ4n) is 5.82. The van der Waals surface area contributed by atoms with Crippen LogP contribution in [-0.2, 0) is 29.6 Å². The smallest absolute Gasteiger partial charge is 0.334 e. The van der Waals surface area contributed by atoms with Gasteiger partial charge < -0.3 is 19.9 Å². The summed E-state index contributed by atoms with van der Waals surface area (Å²) in [5, 5.41) is 14.9. The van der Waals surface area contributed by atoms with Crippen LogP contribution in [0.1, 0.15) is 11.1 Å². The third-order valence-electron chi connectivity index (χ3n) is 7.92. The molecule has 0 spiro atoms. The normalized spacial score (nSPS) is 19.0. The summed E-state index contributed by atoms with van der Waals surface area (Å²) in [6, 6.07) is 11.9. The van der Waals surface area contributed by atoms with Crippen LogP contribution < -0.4 is 10.1 Å². The Hall–Kier alpha value is -5.23. The fraction of sp³-hybridized carbons (Fsp3) is 0.303. The van der Waals surface area contributed by atoms with Gasteiger partial charge in [-0.15, -0.1) is 6.58 Å². The number of hydrazine groups is 1. The fourth-order valence-corrected chi connectivity index (χ4v) is 5.82. The minimum atomic E-state index is -0.838. The van der Waals surface area contributed by atoms with Gasteiger partial charge >= 0.3 is 6.03 Å². The molecule has 2 aliphatic rings. The summed E-state index contributed by atoms with van der Waals surface area (Å²) >= 11 is 0. The van der Waals surface area contributed by atoms with Crippen LogP contribution in [0.5, 0.6) is 5.75 Å². The van der Waals surface area contributed by atoms with Crippen LogP contribution in [0.15, 0.2) is 92.1 Å². The second kappa shape index (κ2) is 13.6. The van der Waals surface area contributed by atoms with Gasteiger partial charge in [0.05, 0.1) is 20.2 Å². The molecule has 4 amide bonds. The molecule has 234 valence electrons. The summed E-state index contributed by atoms with van der Waals surface area (Å²) < 4.78 is 5.31. The van der Waals surface area contributed by atoms with Gasteiger partial charge in [-0.3, -0.25) is 9.59 Å². The van der Waals surface area contributed by atoms with Crippen LogP contribution >= 0.6 is 0 Å². The second-order valence-electron chi connectivity index (χ2n) is 10.9. The van der Waals surface area contributed by atoms with E-state index in [0.29, 0.717) is 11.3 Å². The molecule has 2 saturated heterocycles. The van der Waals surface area contributed by atoms with E-state index >= 15 is 0 Å². The highest BCUT2D eigenvalue weighted by Crippen LogP contribution is 2.30. The number of carbonyl (C=O) groups is 3. The van der Waals surface area contributed by atoms with Gasteiger partial charge in [-0.05, 0) is 41.0 Å². The first-order valence-corrected chi connectivity index (χ1v) is 14.7. The molecule has 3 aromatic rings. The maximum absolute atomic E-state index is 14.2. The number of carbonyl (C=O) groups excluding carboxylic acids is 3. The molecule has 0 saturated carbocycles. The standard InChI is InChI=1S/C33H38N8O4/c1-6-9-23(8-3)19-34-33(44)41-30-21-38(20-25-12-15-27-28(17-25)36-37(4)35-27)32(43)29(18-24-10-13-26(45-5)14-11-24)40(30)31(42)22-39(41)16-7-2/h6-15,17,29-30H,1-3,16,18-22H2,4-5H3,(H,34,44)/b23-9+/t29-,30-/m0/s1. The summed E-state index contributed by atoms with van der Waals surface area (Å²) in [7, 11) is 3.35. The Morgan fingerprint density at radius 3 is 2.49 bits per heavy atom. The van der Waals surface area contributed by atoms with Crippen LogP contribution in [-0.4, -0.2) is 98.2 Å². The molecule has 0 aliphatic carbocycles. The number of hydrogen-bond acceptors (Lipinski definition) is 7. The molecule has 45 heavy (non-hydrogen) atoms. The molecule has 3 heterocycles. The van der Waals surface area contributed by atoms with Crippen molar-refractivity contribution in [1.82, 2.24) is 40.1 Å². The first-order valence-electron chi connectivity index (χ1n) is 14.7. The van der Waals surface area contributed by atoms with Crippen LogP contribution in [0.4, 0.5) is 4.79 Å². The van der Waals surface area contributed by atoms with Crippen molar-refractivity contribution in [2.24, 2.45) is 7.05 Å². The number of methoxy groups -OCH3 is 1. The van der Waals surface area contributed by atoms with Crippen molar-refractivity contribution < 1.29 is 19.1 Å². The number of piperazine rings is 1. The van der Waals surface area contributed by atoms with E-state index in [4.69, 9.17) is 4.74 Å². The lowest BCUT2D eigenvalue weighted by Crippen LogP contribution is -2.76. The quantitative estimate of drug-likeness (QED) is 0.262. The van der Waals surface area contributed by atoms with Gasteiger partial charge in [0.25, 0.3) is 0 Å². The van der Waals surface area contributed by atoms with E-state index in [9.17, 15) is 14.4 Å². The lowest BCUT2D eigenvalue weighted by Gasteiger charge is -2.55. The average Bonchev–Trinajstić information content (AvgIpc) is 3.40. The second-order valence-corrected chi connectivity index (χ2v) is 10.9. The van der Waals surface area contributed by atoms with Gasteiger partial charge in [-0.2, -0.15) is 15.0 Å². The maximum Gasteiger partial charge on any atom is 0.334 e. The molecular weight excluding hydrogens is 572 g/mol. The van der Waals surface area contributed by atoms with Crippen molar-refractivity contribution in [3.63, 3.8) is 0 Å². The first-order chi connectivity index (χ1) is 21.8. The molecule has 2 fully saturated rings. The summed E-state index contributed by atoms with van der Waals surface area (Å²) in [4.78, 5) is 46.7. The zero-order chi connectivity index (χ0) is 32.1. The van der Waals surface area contributed by atoms with E-state index in [1.807, 2.05) is 42.5 Å². The van der Waals surface area contributed by atoms with Crippen molar-refractivity contribution >= 4 is 28.9 Å². The van der Waals surface area contributed by atoms with Crippen molar-refractivity contribution in [1.29, 1.82) is 0 Å². The highest BCUT2D eigenvalue weighted by atomic mass is 16.5. The van der Waals surface area contributed by atoms with Gasteiger partial charge in [-0.25, -0.2) is 14.8 Å². The molecule has 1 aromatic heterocycles. The number of rotatable bonds is 11. The Balaban J connectivity index is 1.51. The van der Waals surface area contributed by atoms with E-state index in [2.05, 4.69) is 35.3 Å². The van der Waals surface area contributed by atoms with Gasteiger partial charge in [0.15, 0.2) is 0 Å². The SMILES string of the molecule is C=C/C=C(\C=C)CNC(=O)N1[C@H]2CN(Cc3ccc4nn(C)nc4c3)C(=O)[C@H](Cc3ccc(OC)cc3)N2C(=O)CN1CC=C. The van der Waals surface area contributed by atoms with E-state index in [1.54, 1.807) is 58.3 Å². The lowest BCUT2D eigenvalue weighted by molar-refractivity contribution is -0.189. The number of aryl methyl sites for hydroxylation is 1. The minimum Gasteiger partial charge on any atom is -0.497 e. The Labute approximate surface area is 262 Å². The van der Waals surface area contributed by atoms with Gasteiger partial charge in [0.1, 0.15) is 29.0 Å². The number of ether oxygens (including phenoxy) is 1. The molecule has 12 nitrogen and oxygen atoms in total. The minimum absolute atomic E-state index is 0.0809. The molecule has 12 heteroatoms. The number of amides is 4. The summed E-state index contributed by atoms with van der Waals surface area (Å²) in [6.07, 6.45) is 6.19. The molecule has 2 aliphatic heterocycles. The summed E-state index contributed by atoms with van der Waals surface area (Å²) in [5.41, 5.74) is 3.96. The van der Waals surface area contributed by atoms with Gasteiger partial charge in [-0.1, -0.05) is 55.7 Å². The molecule has 0 unspecified atom stereocenters. The molecule has 0 bridgehead atoms. The number of urea groups is 1. The molecule has 2 atom stereocenters. The predicted octanol–water partition coefficient (Wildman–Crippen LogP) is 2.81. The lowest BCUT2D eigenvalue weighted by atomic mass is 9.98. The Kier molecular flexibility index (Phi) is 9.43. The number of fused-ring (bicyclic) bond motifs is 2. The Morgan fingerprint density at radius 2 is 1.80 bits per heavy atom. The highest BCUT2D eigenvalue weighted by molar-refractivity contribution is 5.92. The third-order valence-corrected chi connectivity index (χ3v) is 7.92. The third kappa shape index (κ3) is 6.65. The zero-order valence-corrected chi connectivity index (χ0v) is 25.6. The number of benzene rings is 2. The Bertz CT molecular complexity index is 1650. The molecule has 1 N–H and O–H groups in total. The highest BCUT2D eigenvalue weighted by Gasteiger charge is 2.51. The van der Waals surface area contributed by atoms with E-state index in [0.717, 1.165) is 22.2 Å².